The molecule has 3 heterocycles. The number of rotatable bonds is 5. The van der Waals surface area contributed by atoms with Crippen molar-refractivity contribution in [2.45, 2.75) is 13.0 Å². The molecule has 13 heteroatoms. The molecule has 1 aliphatic rings. The Labute approximate surface area is 206 Å². The maximum absolute atomic E-state index is 13.3. The fourth-order valence-corrected chi connectivity index (χ4v) is 3.85. The van der Waals surface area contributed by atoms with Gasteiger partial charge in [0.05, 0.1) is 27.9 Å². The molecule has 0 radical (unpaired) electrons. The number of hydrogen-bond acceptors (Lipinski definition) is 7. The van der Waals surface area contributed by atoms with Crippen molar-refractivity contribution in [2.24, 2.45) is 0 Å². The van der Waals surface area contributed by atoms with Crippen LogP contribution in [0.25, 0.3) is 5.82 Å². The standard InChI is InChI=1S/C21H15BrClN7O4/c1-10-5-11(8-24)6-12(19(31)26-14-9-34-29-20(14)32)17(10)27-21(33)15-7-16(22)28-30(15)18-13(23)3-2-4-25-18/h2-7,14H,9H2,1H3,(H,26,31)(H,27,33)(H,29,32). The van der Waals surface area contributed by atoms with Gasteiger partial charge in [-0.3, -0.25) is 19.2 Å². The van der Waals surface area contributed by atoms with Crippen molar-refractivity contribution in [3.63, 3.8) is 0 Å². The number of halogens is 2. The predicted molar refractivity (Wildman–Crippen MR) is 123 cm³/mol. The lowest BCUT2D eigenvalue weighted by Crippen LogP contribution is -2.42. The first-order chi connectivity index (χ1) is 16.3. The Morgan fingerprint density at radius 2 is 2.15 bits per heavy atom. The van der Waals surface area contributed by atoms with Crippen molar-refractivity contribution in [1.82, 2.24) is 25.6 Å². The quantitative estimate of drug-likeness (QED) is 0.446. The van der Waals surface area contributed by atoms with Crippen LogP contribution in [0, 0.1) is 18.3 Å². The van der Waals surface area contributed by atoms with E-state index in [0.717, 1.165) is 0 Å². The van der Waals surface area contributed by atoms with Gasteiger partial charge in [0.1, 0.15) is 22.9 Å². The van der Waals surface area contributed by atoms with Gasteiger partial charge in [0.25, 0.3) is 17.7 Å². The highest BCUT2D eigenvalue weighted by Crippen LogP contribution is 2.26. The average molecular weight is 545 g/mol. The van der Waals surface area contributed by atoms with Crippen LogP contribution in [-0.2, 0) is 9.63 Å². The molecule has 1 unspecified atom stereocenters. The highest BCUT2D eigenvalue weighted by atomic mass is 79.9. The van der Waals surface area contributed by atoms with Crippen LogP contribution in [0.2, 0.25) is 5.02 Å². The molecule has 3 amide bonds. The number of nitrogens with one attached hydrogen (secondary N) is 3. The number of nitriles is 1. The molecule has 1 fully saturated rings. The second-order valence-corrected chi connectivity index (χ2v) is 8.38. The molecule has 34 heavy (non-hydrogen) atoms. The molecule has 1 aliphatic heterocycles. The zero-order valence-corrected chi connectivity index (χ0v) is 19.8. The molecule has 0 spiro atoms. The van der Waals surface area contributed by atoms with E-state index in [1.165, 1.54) is 29.1 Å². The smallest absolute Gasteiger partial charge is 0.274 e. The van der Waals surface area contributed by atoms with E-state index < -0.39 is 23.8 Å². The van der Waals surface area contributed by atoms with Gasteiger partial charge in [-0.05, 0) is 52.7 Å². The van der Waals surface area contributed by atoms with Crippen LogP contribution in [0.5, 0.6) is 0 Å². The SMILES string of the molecule is Cc1cc(C#N)cc(C(=O)NC2CONC2=O)c1NC(=O)c1cc(Br)nn1-c1ncccc1Cl. The van der Waals surface area contributed by atoms with Crippen LogP contribution in [0.15, 0.2) is 41.1 Å². The molecule has 4 rings (SSSR count). The molecule has 11 nitrogen and oxygen atoms in total. The van der Waals surface area contributed by atoms with Crippen LogP contribution in [-0.4, -0.2) is 45.1 Å². The number of hydroxylamine groups is 1. The largest absolute Gasteiger partial charge is 0.338 e. The number of carbonyl (C=O) groups is 3. The van der Waals surface area contributed by atoms with Crippen LogP contribution in [0.4, 0.5) is 5.69 Å². The summed E-state index contributed by atoms with van der Waals surface area (Å²) in [5.41, 5.74) is 3.08. The third-order valence-electron chi connectivity index (χ3n) is 4.84. The number of aromatic nitrogens is 3. The Hall–Kier alpha value is -3.79. The normalized spacial score (nSPS) is 14.9. The van der Waals surface area contributed by atoms with Crippen LogP contribution >= 0.6 is 27.5 Å². The highest BCUT2D eigenvalue weighted by Gasteiger charge is 2.29. The average Bonchev–Trinajstić information content (AvgIpc) is 3.40. The van der Waals surface area contributed by atoms with E-state index in [1.54, 1.807) is 19.1 Å². The number of benzene rings is 1. The molecular weight excluding hydrogens is 530 g/mol. The summed E-state index contributed by atoms with van der Waals surface area (Å²) in [4.78, 5) is 47.0. The summed E-state index contributed by atoms with van der Waals surface area (Å²) in [5, 5.41) is 19.1. The first-order valence-corrected chi connectivity index (χ1v) is 10.9. The molecule has 0 bridgehead atoms. The van der Waals surface area contributed by atoms with Crippen LogP contribution in [0.1, 0.15) is 32.0 Å². The third-order valence-corrected chi connectivity index (χ3v) is 5.53. The maximum atomic E-state index is 13.3. The monoisotopic (exact) mass is 543 g/mol. The van der Waals surface area contributed by atoms with Gasteiger partial charge < -0.3 is 10.6 Å². The Morgan fingerprint density at radius 3 is 2.82 bits per heavy atom. The number of aryl methyl sites for hydroxylation is 1. The Balaban J connectivity index is 1.70. The molecule has 1 aromatic carbocycles. The minimum atomic E-state index is -0.911. The summed E-state index contributed by atoms with van der Waals surface area (Å²) in [5.74, 6) is -1.54. The number of hydrogen-bond donors (Lipinski definition) is 3. The fraction of sp³-hybridized carbons (Fsp3) is 0.143. The molecule has 1 saturated heterocycles. The van der Waals surface area contributed by atoms with E-state index in [2.05, 4.69) is 42.1 Å². The molecule has 2 aromatic heterocycles. The van der Waals surface area contributed by atoms with Gasteiger partial charge in [-0.25, -0.2) is 15.1 Å². The van der Waals surface area contributed by atoms with E-state index in [4.69, 9.17) is 16.4 Å². The fourth-order valence-electron chi connectivity index (χ4n) is 3.27. The first kappa shape index (κ1) is 23.4. The number of pyridine rings is 1. The molecule has 0 aliphatic carbocycles. The maximum Gasteiger partial charge on any atom is 0.274 e. The number of carbonyl (C=O) groups excluding carboxylic acids is 3. The zero-order chi connectivity index (χ0) is 24.4. The zero-order valence-electron chi connectivity index (χ0n) is 17.4. The van der Waals surface area contributed by atoms with E-state index in [0.29, 0.717) is 10.2 Å². The second kappa shape index (κ2) is 9.60. The van der Waals surface area contributed by atoms with Crippen molar-refractivity contribution in [2.75, 3.05) is 11.9 Å². The molecule has 1 atom stereocenters. The van der Waals surface area contributed by atoms with Gasteiger partial charge in [0, 0.05) is 12.3 Å². The van der Waals surface area contributed by atoms with Gasteiger partial charge in [0.2, 0.25) is 0 Å². The van der Waals surface area contributed by atoms with Crippen molar-refractivity contribution in [3.8, 4) is 11.9 Å². The van der Waals surface area contributed by atoms with Crippen molar-refractivity contribution < 1.29 is 19.2 Å². The highest BCUT2D eigenvalue weighted by molar-refractivity contribution is 9.10. The van der Waals surface area contributed by atoms with E-state index >= 15 is 0 Å². The van der Waals surface area contributed by atoms with E-state index in [9.17, 15) is 19.6 Å². The first-order valence-electron chi connectivity index (χ1n) is 9.73. The summed E-state index contributed by atoms with van der Waals surface area (Å²) in [6, 6.07) is 8.65. The molecular formula is C21H15BrClN7O4. The summed E-state index contributed by atoms with van der Waals surface area (Å²) in [7, 11) is 0. The van der Waals surface area contributed by atoms with Gasteiger partial charge in [-0.1, -0.05) is 11.6 Å². The second-order valence-electron chi connectivity index (χ2n) is 7.16. The van der Waals surface area contributed by atoms with Gasteiger partial charge in [-0.2, -0.15) is 10.4 Å². The summed E-state index contributed by atoms with van der Waals surface area (Å²) >= 11 is 9.48. The number of anilines is 1. The van der Waals surface area contributed by atoms with Crippen molar-refractivity contribution >= 4 is 50.9 Å². The third kappa shape index (κ3) is 4.62. The molecule has 172 valence electrons. The molecule has 3 aromatic rings. The minimum Gasteiger partial charge on any atom is -0.338 e. The number of amides is 3. The lowest BCUT2D eigenvalue weighted by molar-refractivity contribution is -0.125. The topological polar surface area (TPSA) is 151 Å². The molecule has 0 saturated carbocycles. The Kier molecular flexibility index (Phi) is 6.60. The summed E-state index contributed by atoms with van der Waals surface area (Å²) < 4.78 is 1.63. The van der Waals surface area contributed by atoms with Crippen LogP contribution in [0.3, 0.4) is 0 Å². The van der Waals surface area contributed by atoms with Crippen molar-refractivity contribution in [3.05, 3.63) is 68.5 Å². The van der Waals surface area contributed by atoms with Gasteiger partial charge in [0.15, 0.2) is 5.82 Å². The lowest BCUT2D eigenvalue weighted by atomic mass is 10.0. The number of nitrogens with zero attached hydrogens (tertiary/aromatic N) is 4. The Bertz CT molecular complexity index is 1370. The Morgan fingerprint density at radius 1 is 1.35 bits per heavy atom. The van der Waals surface area contributed by atoms with E-state index in [-0.39, 0.29) is 40.0 Å². The van der Waals surface area contributed by atoms with E-state index in [1.807, 2.05) is 6.07 Å². The summed E-state index contributed by atoms with van der Waals surface area (Å²) in [6.45, 7) is 1.59. The van der Waals surface area contributed by atoms with Gasteiger partial charge >= 0.3 is 0 Å². The predicted octanol–water partition coefficient (Wildman–Crippen LogP) is 2.28. The lowest BCUT2D eigenvalue weighted by Gasteiger charge is -2.16. The van der Waals surface area contributed by atoms with Crippen LogP contribution < -0.4 is 16.1 Å². The molecule has 3 N–H and O–H groups in total. The van der Waals surface area contributed by atoms with Crippen molar-refractivity contribution in [1.29, 1.82) is 5.26 Å². The van der Waals surface area contributed by atoms with Gasteiger partial charge in [-0.15, -0.1) is 0 Å². The minimum absolute atomic E-state index is 0.00518. The summed E-state index contributed by atoms with van der Waals surface area (Å²) in [6.07, 6.45) is 1.51.